The summed E-state index contributed by atoms with van der Waals surface area (Å²) in [4.78, 5) is 10.5. The Morgan fingerprint density at radius 1 is 1.47 bits per heavy atom. The lowest BCUT2D eigenvalue weighted by molar-refractivity contribution is -0.147. The van der Waals surface area contributed by atoms with E-state index >= 15 is 0 Å². The maximum atomic E-state index is 13.1. The van der Waals surface area contributed by atoms with E-state index in [9.17, 15) is 14.3 Å². The summed E-state index contributed by atoms with van der Waals surface area (Å²) in [5, 5.41) is 18.1. The minimum absolute atomic E-state index is 0.0483. The zero-order chi connectivity index (χ0) is 11.0. The highest BCUT2D eigenvalue weighted by molar-refractivity contribution is 5.81. The molecule has 2 aromatic rings. The smallest absolute Gasteiger partial charge is 0.340 e. The molecule has 0 radical (unpaired) electrons. The lowest BCUT2D eigenvalue weighted by atomic mass is 10.2. The molecule has 0 bridgehead atoms. The van der Waals surface area contributed by atoms with Gasteiger partial charge in [-0.1, -0.05) is 12.1 Å². The van der Waals surface area contributed by atoms with E-state index in [4.69, 9.17) is 9.52 Å². The highest BCUT2D eigenvalue weighted by atomic mass is 19.1. The molecular weight excluding hydrogens is 203 g/mol. The Labute approximate surface area is 83.6 Å². The Kier molecular flexibility index (Phi) is 2.17. The van der Waals surface area contributed by atoms with Crippen LogP contribution in [0.5, 0.6) is 0 Å². The molecule has 1 aromatic heterocycles. The zero-order valence-electron chi connectivity index (χ0n) is 7.48. The van der Waals surface area contributed by atoms with Crippen LogP contribution in [0.25, 0.3) is 11.0 Å². The van der Waals surface area contributed by atoms with E-state index in [1.165, 1.54) is 18.2 Å². The number of carbonyl (C=O) groups is 1. The average molecular weight is 210 g/mol. The summed E-state index contributed by atoms with van der Waals surface area (Å²) in [7, 11) is 0. The Bertz CT molecular complexity index is 517. The molecule has 15 heavy (non-hydrogen) atoms. The summed E-state index contributed by atoms with van der Waals surface area (Å²) in [6.07, 6.45) is -1.77. The topological polar surface area (TPSA) is 70.7 Å². The van der Waals surface area contributed by atoms with Crippen LogP contribution in [0.4, 0.5) is 4.39 Å². The second kappa shape index (κ2) is 3.36. The van der Waals surface area contributed by atoms with Crippen molar-refractivity contribution in [1.29, 1.82) is 0 Å². The maximum absolute atomic E-state index is 13.1. The fourth-order valence-corrected chi connectivity index (χ4v) is 1.30. The first-order valence-electron chi connectivity index (χ1n) is 4.18. The molecule has 78 valence electrons. The van der Waals surface area contributed by atoms with Crippen LogP contribution < -0.4 is 0 Å². The quantitative estimate of drug-likeness (QED) is 0.791. The summed E-state index contributed by atoms with van der Waals surface area (Å²) in [6, 6.07) is 5.55. The predicted molar refractivity (Wildman–Crippen MR) is 48.8 cm³/mol. The van der Waals surface area contributed by atoms with Gasteiger partial charge in [0.1, 0.15) is 5.76 Å². The van der Waals surface area contributed by atoms with Crippen LogP contribution in [0, 0.1) is 5.82 Å². The van der Waals surface area contributed by atoms with E-state index in [0.717, 1.165) is 0 Å². The van der Waals surface area contributed by atoms with Crippen LogP contribution in [0.15, 0.2) is 28.7 Å². The van der Waals surface area contributed by atoms with Crippen molar-refractivity contribution < 1.29 is 23.8 Å². The Morgan fingerprint density at radius 2 is 2.20 bits per heavy atom. The number of fused-ring (bicyclic) bond motifs is 1. The van der Waals surface area contributed by atoms with E-state index in [1.54, 1.807) is 6.07 Å². The number of furan rings is 1. The SMILES string of the molecule is O=C(O)C(O)c1cc2cccc(F)c2o1. The number of aliphatic carboxylic acids is 1. The lowest BCUT2D eigenvalue weighted by Gasteiger charge is -1.98. The summed E-state index contributed by atoms with van der Waals surface area (Å²) in [5.41, 5.74) is -0.0483. The van der Waals surface area contributed by atoms with Gasteiger partial charge in [0.15, 0.2) is 11.4 Å². The molecule has 0 amide bonds. The van der Waals surface area contributed by atoms with E-state index in [-0.39, 0.29) is 11.3 Å². The number of hydrogen-bond donors (Lipinski definition) is 2. The number of aliphatic hydroxyl groups is 1. The molecule has 2 rings (SSSR count). The van der Waals surface area contributed by atoms with Crippen molar-refractivity contribution in [2.24, 2.45) is 0 Å². The number of carboxylic acids is 1. The third kappa shape index (κ3) is 1.57. The van der Waals surface area contributed by atoms with Gasteiger partial charge in [-0.25, -0.2) is 9.18 Å². The van der Waals surface area contributed by atoms with Crippen molar-refractivity contribution in [3.63, 3.8) is 0 Å². The molecule has 0 saturated carbocycles. The van der Waals surface area contributed by atoms with Crippen LogP contribution in [-0.2, 0) is 4.79 Å². The van der Waals surface area contributed by atoms with Gasteiger partial charge in [0.05, 0.1) is 0 Å². The lowest BCUT2D eigenvalue weighted by Crippen LogP contribution is -2.09. The van der Waals surface area contributed by atoms with Crippen LogP contribution >= 0.6 is 0 Å². The molecule has 0 saturated heterocycles. The standard InChI is InChI=1S/C10H7FO4/c11-6-3-1-2-5-4-7(15-9(5)6)8(12)10(13)14/h1-4,8,12H,(H,13,14). The number of carboxylic acid groups (broad SMARTS) is 1. The molecule has 2 N–H and O–H groups in total. The molecule has 4 nitrogen and oxygen atoms in total. The fraction of sp³-hybridized carbons (Fsp3) is 0.100. The Balaban J connectivity index is 2.56. The van der Waals surface area contributed by atoms with E-state index in [1.807, 2.05) is 0 Å². The maximum Gasteiger partial charge on any atom is 0.340 e. The van der Waals surface area contributed by atoms with Crippen LogP contribution in [-0.4, -0.2) is 16.2 Å². The molecule has 1 atom stereocenters. The first-order chi connectivity index (χ1) is 7.09. The van der Waals surface area contributed by atoms with Crippen LogP contribution in [0.3, 0.4) is 0 Å². The number of aliphatic hydroxyl groups excluding tert-OH is 1. The summed E-state index contributed by atoms with van der Waals surface area (Å²) >= 11 is 0. The molecule has 5 heteroatoms. The first kappa shape index (κ1) is 9.67. The second-order valence-electron chi connectivity index (χ2n) is 3.05. The van der Waals surface area contributed by atoms with E-state index in [0.29, 0.717) is 5.39 Å². The van der Waals surface area contributed by atoms with Gasteiger partial charge in [-0.05, 0) is 12.1 Å². The molecule has 1 aromatic carbocycles. The molecule has 0 aliphatic carbocycles. The van der Waals surface area contributed by atoms with Crippen molar-refractivity contribution >= 4 is 16.9 Å². The second-order valence-corrected chi connectivity index (χ2v) is 3.05. The van der Waals surface area contributed by atoms with Crippen molar-refractivity contribution in [2.45, 2.75) is 6.10 Å². The van der Waals surface area contributed by atoms with Gasteiger partial charge in [-0.3, -0.25) is 0 Å². The predicted octanol–water partition coefficient (Wildman–Crippen LogP) is 1.69. The largest absolute Gasteiger partial charge is 0.479 e. The highest BCUT2D eigenvalue weighted by Crippen LogP contribution is 2.25. The number of hydrogen-bond acceptors (Lipinski definition) is 3. The zero-order valence-corrected chi connectivity index (χ0v) is 7.48. The average Bonchev–Trinajstić information content (AvgIpc) is 2.61. The third-order valence-electron chi connectivity index (χ3n) is 2.02. The van der Waals surface area contributed by atoms with Gasteiger partial charge < -0.3 is 14.6 Å². The minimum Gasteiger partial charge on any atom is -0.479 e. The molecule has 1 unspecified atom stereocenters. The Morgan fingerprint density at radius 3 is 2.80 bits per heavy atom. The fourth-order valence-electron chi connectivity index (χ4n) is 1.30. The summed E-state index contributed by atoms with van der Waals surface area (Å²) in [5.74, 6) is -2.20. The van der Waals surface area contributed by atoms with E-state index in [2.05, 4.69) is 0 Å². The van der Waals surface area contributed by atoms with Crippen molar-refractivity contribution in [2.75, 3.05) is 0 Å². The monoisotopic (exact) mass is 210 g/mol. The van der Waals surface area contributed by atoms with Crippen LogP contribution in [0.1, 0.15) is 11.9 Å². The normalized spacial score (nSPS) is 12.9. The Hall–Kier alpha value is -1.88. The van der Waals surface area contributed by atoms with Gasteiger partial charge in [-0.15, -0.1) is 0 Å². The number of benzene rings is 1. The highest BCUT2D eigenvalue weighted by Gasteiger charge is 2.21. The number of halogens is 1. The molecule has 1 heterocycles. The summed E-state index contributed by atoms with van der Waals surface area (Å²) < 4.78 is 18.1. The number of para-hydroxylation sites is 1. The van der Waals surface area contributed by atoms with Gasteiger partial charge in [0, 0.05) is 5.39 Å². The molecule has 0 spiro atoms. The minimum atomic E-state index is -1.77. The van der Waals surface area contributed by atoms with Gasteiger partial charge in [-0.2, -0.15) is 0 Å². The van der Waals surface area contributed by atoms with Gasteiger partial charge in [0.2, 0.25) is 6.10 Å². The first-order valence-corrected chi connectivity index (χ1v) is 4.18. The van der Waals surface area contributed by atoms with Crippen molar-refractivity contribution in [3.05, 3.63) is 35.8 Å². The number of rotatable bonds is 2. The molecule has 0 fully saturated rings. The molecule has 0 aliphatic rings. The molecular formula is C10H7FO4. The van der Waals surface area contributed by atoms with Crippen molar-refractivity contribution in [3.8, 4) is 0 Å². The third-order valence-corrected chi connectivity index (χ3v) is 2.02. The van der Waals surface area contributed by atoms with Gasteiger partial charge in [0.25, 0.3) is 0 Å². The van der Waals surface area contributed by atoms with Gasteiger partial charge >= 0.3 is 5.97 Å². The van der Waals surface area contributed by atoms with Crippen LogP contribution in [0.2, 0.25) is 0 Å². The molecule has 0 aliphatic heterocycles. The van der Waals surface area contributed by atoms with Crippen molar-refractivity contribution in [1.82, 2.24) is 0 Å². The summed E-state index contributed by atoms with van der Waals surface area (Å²) in [6.45, 7) is 0. The van der Waals surface area contributed by atoms with E-state index < -0.39 is 17.9 Å².